The fourth-order valence-electron chi connectivity index (χ4n) is 3.02. The van der Waals surface area contributed by atoms with E-state index in [2.05, 4.69) is 16.5 Å². The maximum atomic E-state index is 12.5. The third-order valence-electron chi connectivity index (χ3n) is 4.28. The zero-order chi connectivity index (χ0) is 16.5. The first-order valence-electron chi connectivity index (χ1n) is 7.82. The van der Waals surface area contributed by atoms with Gasteiger partial charge < -0.3 is 9.84 Å². The van der Waals surface area contributed by atoms with Crippen LogP contribution in [0.3, 0.4) is 0 Å². The first-order valence-corrected chi connectivity index (χ1v) is 8.19. The first-order chi connectivity index (χ1) is 11.7. The van der Waals surface area contributed by atoms with Crippen molar-refractivity contribution in [2.75, 3.05) is 0 Å². The smallest absolute Gasteiger partial charge is 0.274 e. The van der Waals surface area contributed by atoms with Gasteiger partial charge in [0.1, 0.15) is 0 Å². The lowest BCUT2D eigenvalue weighted by Gasteiger charge is -2.14. The Labute approximate surface area is 144 Å². The highest BCUT2D eigenvalue weighted by Crippen LogP contribution is 2.35. The molecule has 1 aliphatic rings. The third kappa shape index (κ3) is 2.69. The number of hydrogen-bond donors (Lipinski definition) is 1. The minimum absolute atomic E-state index is 0.214. The van der Waals surface area contributed by atoms with Crippen molar-refractivity contribution in [1.29, 1.82) is 0 Å². The van der Waals surface area contributed by atoms with Gasteiger partial charge in [-0.05, 0) is 36.1 Å². The number of carbonyl (C=O) groups excluding carboxylic acids is 1. The lowest BCUT2D eigenvalue weighted by atomic mass is 9.89. The fourth-order valence-corrected chi connectivity index (χ4v) is 3.14. The van der Waals surface area contributed by atoms with Gasteiger partial charge >= 0.3 is 0 Å². The highest BCUT2D eigenvalue weighted by atomic mass is 35.5. The second-order valence-corrected chi connectivity index (χ2v) is 6.24. The van der Waals surface area contributed by atoms with Crippen molar-refractivity contribution >= 4 is 17.5 Å². The molecule has 0 spiro atoms. The summed E-state index contributed by atoms with van der Waals surface area (Å²) < 4.78 is 5.47. The van der Waals surface area contributed by atoms with E-state index < -0.39 is 0 Å². The van der Waals surface area contributed by atoms with Gasteiger partial charge in [-0.15, -0.1) is 0 Å². The van der Waals surface area contributed by atoms with Gasteiger partial charge in [-0.2, -0.15) is 0 Å². The first kappa shape index (κ1) is 15.0. The van der Waals surface area contributed by atoms with E-state index in [4.69, 9.17) is 16.1 Å². The molecule has 0 atom stereocenters. The molecule has 1 heterocycles. The van der Waals surface area contributed by atoms with Gasteiger partial charge in [0, 0.05) is 22.7 Å². The summed E-state index contributed by atoms with van der Waals surface area (Å²) in [7, 11) is 0. The molecule has 0 unspecified atom stereocenters. The Kier molecular flexibility index (Phi) is 3.82. The van der Waals surface area contributed by atoms with Crippen LogP contribution in [0.4, 0.5) is 0 Å². The lowest BCUT2D eigenvalue weighted by molar-refractivity contribution is 0.0941. The molecule has 1 aliphatic carbocycles. The largest absolute Gasteiger partial charge is 0.355 e. The molecule has 0 saturated heterocycles. The van der Waals surface area contributed by atoms with Gasteiger partial charge in [-0.3, -0.25) is 4.79 Å². The molecular weight excluding hydrogens is 324 g/mol. The van der Waals surface area contributed by atoms with Crippen LogP contribution in [0, 0.1) is 0 Å². The van der Waals surface area contributed by atoms with Crippen molar-refractivity contribution in [2.45, 2.75) is 19.4 Å². The molecule has 1 aromatic heterocycles. The van der Waals surface area contributed by atoms with Crippen LogP contribution in [0.2, 0.25) is 5.02 Å². The average Bonchev–Trinajstić information content (AvgIpc) is 3.05. The molecule has 0 aliphatic heterocycles. The molecular formula is C19H15ClN2O2. The summed E-state index contributed by atoms with van der Waals surface area (Å²) in [5, 5.41) is 7.58. The predicted molar refractivity (Wildman–Crippen MR) is 92.0 cm³/mol. The van der Waals surface area contributed by atoms with Crippen molar-refractivity contribution in [3.05, 3.63) is 75.9 Å². The van der Waals surface area contributed by atoms with Crippen LogP contribution in [0.25, 0.3) is 11.3 Å². The van der Waals surface area contributed by atoms with Crippen molar-refractivity contribution in [3.63, 3.8) is 0 Å². The Bertz CT molecular complexity index is 900. The van der Waals surface area contributed by atoms with E-state index in [0.29, 0.717) is 23.0 Å². The summed E-state index contributed by atoms with van der Waals surface area (Å²) >= 11 is 5.87. The standard InChI is InChI=1S/C19H15ClN2O2/c20-14-8-5-12(6-9-14)11-21-19(23)17-16-10-7-13-3-1-2-4-15(13)18(16)24-22-17/h1-6,8-9H,7,10-11H2,(H,21,23). The monoisotopic (exact) mass is 338 g/mol. The summed E-state index contributed by atoms with van der Waals surface area (Å²) in [4.78, 5) is 12.5. The summed E-state index contributed by atoms with van der Waals surface area (Å²) in [6.45, 7) is 0.425. The highest BCUT2D eigenvalue weighted by Gasteiger charge is 2.27. The molecule has 2 aromatic carbocycles. The van der Waals surface area contributed by atoms with Gasteiger partial charge in [0.25, 0.3) is 5.91 Å². The van der Waals surface area contributed by atoms with E-state index in [1.165, 1.54) is 5.56 Å². The summed E-state index contributed by atoms with van der Waals surface area (Å²) in [6.07, 6.45) is 1.65. The van der Waals surface area contributed by atoms with Crippen molar-refractivity contribution in [1.82, 2.24) is 10.5 Å². The third-order valence-corrected chi connectivity index (χ3v) is 4.53. The van der Waals surface area contributed by atoms with Gasteiger partial charge in [0.05, 0.1) is 0 Å². The number of benzene rings is 2. The lowest BCUT2D eigenvalue weighted by Crippen LogP contribution is -2.24. The van der Waals surface area contributed by atoms with Crippen molar-refractivity contribution in [3.8, 4) is 11.3 Å². The van der Waals surface area contributed by atoms with Crippen molar-refractivity contribution < 1.29 is 9.32 Å². The van der Waals surface area contributed by atoms with Crippen LogP contribution in [0.5, 0.6) is 0 Å². The molecule has 120 valence electrons. The Hall–Kier alpha value is -2.59. The summed E-state index contributed by atoms with van der Waals surface area (Å²) in [5.41, 5.74) is 4.52. The number of aryl methyl sites for hydroxylation is 1. The van der Waals surface area contributed by atoms with Gasteiger partial charge in [0.15, 0.2) is 11.5 Å². The maximum absolute atomic E-state index is 12.5. The minimum Gasteiger partial charge on any atom is -0.355 e. The minimum atomic E-state index is -0.214. The molecule has 3 aromatic rings. The zero-order valence-corrected chi connectivity index (χ0v) is 13.6. The SMILES string of the molecule is O=C(NCc1ccc(Cl)cc1)c1noc2c1CCc1ccccc1-2. The Morgan fingerprint density at radius 3 is 2.75 bits per heavy atom. The normalized spacial score (nSPS) is 12.4. The van der Waals surface area contributed by atoms with E-state index in [1.54, 1.807) is 12.1 Å². The summed E-state index contributed by atoms with van der Waals surface area (Å²) in [6, 6.07) is 15.5. The van der Waals surface area contributed by atoms with Crippen LogP contribution in [-0.2, 0) is 19.4 Å². The van der Waals surface area contributed by atoms with E-state index >= 15 is 0 Å². The van der Waals surface area contributed by atoms with Gasteiger partial charge in [-0.25, -0.2) is 0 Å². The number of nitrogens with zero attached hydrogens (tertiary/aromatic N) is 1. The van der Waals surface area contributed by atoms with Crippen LogP contribution < -0.4 is 5.32 Å². The molecule has 0 radical (unpaired) electrons. The fraction of sp³-hybridized carbons (Fsp3) is 0.158. The molecule has 0 fully saturated rings. The van der Waals surface area contributed by atoms with E-state index in [9.17, 15) is 4.79 Å². The number of hydrogen-bond acceptors (Lipinski definition) is 3. The molecule has 4 rings (SSSR count). The number of nitrogens with one attached hydrogen (secondary N) is 1. The molecule has 0 bridgehead atoms. The van der Waals surface area contributed by atoms with Gasteiger partial charge in [0.2, 0.25) is 0 Å². The number of halogens is 1. The second kappa shape index (κ2) is 6.13. The molecule has 24 heavy (non-hydrogen) atoms. The predicted octanol–water partition coefficient (Wildman–Crippen LogP) is 4.02. The van der Waals surface area contributed by atoms with Crippen molar-refractivity contribution in [2.24, 2.45) is 0 Å². The zero-order valence-electron chi connectivity index (χ0n) is 12.9. The number of amides is 1. The van der Waals surface area contributed by atoms with Crippen LogP contribution in [-0.4, -0.2) is 11.1 Å². The molecule has 4 nitrogen and oxygen atoms in total. The van der Waals surface area contributed by atoms with E-state index in [0.717, 1.165) is 29.5 Å². The van der Waals surface area contributed by atoms with Crippen LogP contribution >= 0.6 is 11.6 Å². The number of aromatic nitrogens is 1. The van der Waals surface area contributed by atoms with E-state index in [1.807, 2.05) is 30.3 Å². The van der Waals surface area contributed by atoms with Crippen LogP contribution in [0.15, 0.2) is 53.1 Å². The topological polar surface area (TPSA) is 55.1 Å². The molecule has 0 saturated carbocycles. The number of carbonyl (C=O) groups is 1. The average molecular weight is 339 g/mol. The molecule has 5 heteroatoms. The Morgan fingerprint density at radius 1 is 1.12 bits per heavy atom. The Morgan fingerprint density at radius 2 is 1.92 bits per heavy atom. The molecule has 1 N–H and O–H groups in total. The van der Waals surface area contributed by atoms with E-state index in [-0.39, 0.29) is 5.91 Å². The summed E-state index contributed by atoms with van der Waals surface area (Å²) in [5.74, 6) is 0.503. The quantitative estimate of drug-likeness (QED) is 0.784. The highest BCUT2D eigenvalue weighted by molar-refractivity contribution is 6.30. The maximum Gasteiger partial charge on any atom is 0.274 e. The molecule has 1 amide bonds. The number of fused-ring (bicyclic) bond motifs is 3. The Balaban J connectivity index is 1.55. The van der Waals surface area contributed by atoms with Crippen LogP contribution in [0.1, 0.15) is 27.2 Å². The second-order valence-electron chi connectivity index (χ2n) is 5.81. The van der Waals surface area contributed by atoms with Gasteiger partial charge in [-0.1, -0.05) is 53.2 Å². The number of rotatable bonds is 3.